The normalized spacial score (nSPS) is 10.3. The van der Waals surface area contributed by atoms with Gasteiger partial charge in [0.15, 0.2) is 0 Å². The zero-order valence-electron chi connectivity index (χ0n) is 9.45. The Hall–Kier alpha value is -2.14. The summed E-state index contributed by atoms with van der Waals surface area (Å²) in [6.07, 6.45) is 0. The predicted octanol–water partition coefficient (Wildman–Crippen LogP) is 3.58. The Morgan fingerprint density at radius 3 is 2.58 bits per heavy atom. The van der Waals surface area contributed by atoms with Crippen molar-refractivity contribution in [2.24, 2.45) is 0 Å². The van der Waals surface area contributed by atoms with E-state index in [1.807, 2.05) is 0 Å². The molecular formula is C13H8ClF2NO2. The van der Waals surface area contributed by atoms with Gasteiger partial charge in [-0.1, -0.05) is 17.7 Å². The van der Waals surface area contributed by atoms with E-state index in [4.69, 9.17) is 11.6 Å². The molecule has 0 aliphatic carbocycles. The number of benzene rings is 2. The van der Waals surface area contributed by atoms with Crippen LogP contribution in [0.15, 0.2) is 36.4 Å². The predicted molar refractivity (Wildman–Crippen MR) is 67.4 cm³/mol. The first-order valence-electron chi connectivity index (χ1n) is 5.22. The number of nitrogens with one attached hydrogen (secondary N) is 1. The summed E-state index contributed by atoms with van der Waals surface area (Å²) < 4.78 is 26.7. The lowest BCUT2D eigenvalue weighted by Crippen LogP contribution is -2.14. The molecule has 0 saturated heterocycles. The van der Waals surface area contributed by atoms with Gasteiger partial charge in [-0.05, 0) is 24.3 Å². The maximum Gasteiger partial charge on any atom is 0.258 e. The zero-order valence-corrected chi connectivity index (χ0v) is 10.2. The molecule has 0 aliphatic rings. The lowest BCUT2D eigenvalue weighted by molar-refractivity contribution is 0.102. The van der Waals surface area contributed by atoms with Crippen molar-refractivity contribution in [3.05, 3.63) is 58.6 Å². The summed E-state index contributed by atoms with van der Waals surface area (Å²) in [7, 11) is 0. The molecule has 0 spiro atoms. The van der Waals surface area contributed by atoms with E-state index in [1.54, 1.807) is 0 Å². The van der Waals surface area contributed by atoms with Crippen molar-refractivity contribution in [3.8, 4) is 5.75 Å². The highest BCUT2D eigenvalue weighted by molar-refractivity contribution is 6.30. The topological polar surface area (TPSA) is 49.3 Å². The van der Waals surface area contributed by atoms with Crippen LogP contribution in [0.5, 0.6) is 5.75 Å². The average Bonchev–Trinajstić information content (AvgIpc) is 2.33. The molecule has 2 rings (SSSR count). The van der Waals surface area contributed by atoms with Gasteiger partial charge in [-0.3, -0.25) is 4.79 Å². The second-order valence-corrected chi connectivity index (χ2v) is 4.16. The molecule has 2 N–H and O–H groups in total. The van der Waals surface area contributed by atoms with Crippen molar-refractivity contribution < 1.29 is 18.7 Å². The van der Waals surface area contributed by atoms with Gasteiger partial charge in [0.25, 0.3) is 5.91 Å². The van der Waals surface area contributed by atoms with Gasteiger partial charge < -0.3 is 10.4 Å². The molecule has 0 atom stereocenters. The van der Waals surface area contributed by atoms with Crippen LogP contribution in [0.1, 0.15) is 10.4 Å². The quantitative estimate of drug-likeness (QED) is 0.828. The van der Waals surface area contributed by atoms with Crippen LogP contribution in [0.3, 0.4) is 0 Å². The zero-order chi connectivity index (χ0) is 14.0. The highest BCUT2D eigenvalue weighted by Crippen LogP contribution is 2.21. The van der Waals surface area contributed by atoms with Gasteiger partial charge in [0, 0.05) is 11.8 Å². The second-order valence-electron chi connectivity index (χ2n) is 3.75. The van der Waals surface area contributed by atoms with Crippen LogP contribution >= 0.6 is 11.6 Å². The van der Waals surface area contributed by atoms with E-state index in [-0.39, 0.29) is 11.4 Å². The third kappa shape index (κ3) is 3.00. The number of rotatable bonds is 2. The van der Waals surface area contributed by atoms with Crippen molar-refractivity contribution in [1.29, 1.82) is 0 Å². The van der Waals surface area contributed by atoms with Gasteiger partial charge >= 0.3 is 0 Å². The smallest absolute Gasteiger partial charge is 0.258 e. The van der Waals surface area contributed by atoms with E-state index in [9.17, 15) is 18.7 Å². The summed E-state index contributed by atoms with van der Waals surface area (Å²) in [6.45, 7) is 0. The first kappa shape index (κ1) is 13.3. The van der Waals surface area contributed by atoms with E-state index in [1.165, 1.54) is 24.3 Å². The number of hydrogen-bond donors (Lipinski definition) is 2. The number of hydrogen-bond acceptors (Lipinski definition) is 2. The molecule has 19 heavy (non-hydrogen) atoms. The fraction of sp³-hybridized carbons (Fsp3) is 0. The fourth-order valence-electron chi connectivity index (χ4n) is 1.48. The molecule has 98 valence electrons. The molecule has 1 amide bonds. The largest absolute Gasteiger partial charge is 0.508 e. The molecule has 0 aromatic heterocycles. The molecule has 0 saturated carbocycles. The Morgan fingerprint density at radius 2 is 1.89 bits per heavy atom. The fourth-order valence-corrected chi connectivity index (χ4v) is 1.63. The van der Waals surface area contributed by atoms with E-state index in [2.05, 4.69) is 5.32 Å². The number of carbonyl (C=O) groups is 1. The SMILES string of the molecule is O=C(Nc1cccc(O)c1)c1cc(F)c(Cl)cc1F. The molecule has 2 aromatic rings. The van der Waals surface area contributed by atoms with Crippen LogP contribution in [0, 0.1) is 11.6 Å². The number of anilines is 1. The molecule has 0 aliphatic heterocycles. The summed E-state index contributed by atoms with van der Waals surface area (Å²) in [5.41, 5.74) is -0.204. The number of carbonyl (C=O) groups excluding carboxylic acids is 1. The van der Waals surface area contributed by atoms with Crippen molar-refractivity contribution in [2.75, 3.05) is 5.32 Å². The first-order chi connectivity index (χ1) is 8.97. The molecule has 0 fully saturated rings. The Kier molecular flexibility index (Phi) is 3.66. The lowest BCUT2D eigenvalue weighted by atomic mass is 10.2. The monoisotopic (exact) mass is 283 g/mol. The summed E-state index contributed by atoms with van der Waals surface area (Å²) in [5.74, 6) is -2.70. The Morgan fingerprint density at radius 1 is 1.16 bits per heavy atom. The maximum atomic E-state index is 13.5. The van der Waals surface area contributed by atoms with Gasteiger partial charge in [0.05, 0.1) is 10.6 Å². The second kappa shape index (κ2) is 5.24. The van der Waals surface area contributed by atoms with Crippen LogP contribution in [0.4, 0.5) is 14.5 Å². The standard InChI is InChI=1S/C13H8ClF2NO2/c14-10-6-11(15)9(5-12(10)16)13(19)17-7-2-1-3-8(18)4-7/h1-6,18H,(H,17,19). The van der Waals surface area contributed by atoms with Crippen molar-refractivity contribution in [1.82, 2.24) is 0 Å². The van der Waals surface area contributed by atoms with Gasteiger partial charge in [-0.15, -0.1) is 0 Å². The molecule has 6 heteroatoms. The Labute approximate surface area is 112 Å². The molecule has 0 unspecified atom stereocenters. The average molecular weight is 284 g/mol. The van der Waals surface area contributed by atoms with Crippen LogP contribution in [-0.2, 0) is 0 Å². The Balaban J connectivity index is 2.28. The van der Waals surface area contributed by atoms with Gasteiger partial charge in [-0.25, -0.2) is 8.78 Å². The lowest BCUT2D eigenvalue weighted by Gasteiger charge is -2.07. The van der Waals surface area contributed by atoms with E-state index in [0.717, 1.165) is 12.1 Å². The third-order valence-electron chi connectivity index (χ3n) is 2.36. The highest BCUT2D eigenvalue weighted by Gasteiger charge is 2.15. The van der Waals surface area contributed by atoms with Crippen LogP contribution < -0.4 is 5.32 Å². The molecule has 0 bridgehead atoms. The van der Waals surface area contributed by atoms with Gasteiger partial charge in [0.1, 0.15) is 17.4 Å². The van der Waals surface area contributed by atoms with Crippen LogP contribution in [-0.4, -0.2) is 11.0 Å². The van der Waals surface area contributed by atoms with Crippen LogP contribution in [0.25, 0.3) is 0 Å². The minimum absolute atomic E-state index is 0.0550. The van der Waals surface area contributed by atoms with Crippen molar-refractivity contribution >= 4 is 23.2 Å². The van der Waals surface area contributed by atoms with Gasteiger partial charge in [-0.2, -0.15) is 0 Å². The van der Waals surface area contributed by atoms with Crippen molar-refractivity contribution in [3.63, 3.8) is 0 Å². The molecular weight excluding hydrogens is 276 g/mol. The highest BCUT2D eigenvalue weighted by atomic mass is 35.5. The summed E-state index contributed by atoms with van der Waals surface area (Å²) in [4.78, 5) is 11.8. The first-order valence-corrected chi connectivity index (χ1v) is 5.60. The molecule has 2 aromatic carbocycles. The minimum Gasteiger partial charge on any atom is -0.508 e. The summed E-state index contributed by atoms with van der Waals surface area (Å²) in [5, 5.41) is 11.2. The molecule has 3 nitrogen and oxygen atoms in total. The number of aromatic hydroxyl groups is 1. The molecule has 0 heterocycles. The number of halogens is 3. The number of phenols is 1. The van der Waals surface area contributed by atoms with Gasteiger partial charge in [0.2, 0.25) is 0 Å². The van der Waals surface area contributed by atoms with E-state index < -0.39 is 28.1 Å². The Bertz CT molecular complexity index is 647. The maximum absolute atomic E-state index is 13.5. The number of amides is 1. The molecule has 0 radical (unpaired) electrons. The van der Waals surface area contributed by atoms with Crippen LogP contribution in [0.2, 0.25) is 5.02 Å². The summed E-state index contributed by atoms with van der Waals surface area (Å²) in [6, 6.07) is 7.15. The summed E-state index contributed by atoms with van der Waals surface area (Å²) >= 11 is 5.39. The van der Waals surface area contributed by atoms with E-state index >= 15 is 0 Å². The number of phenolic OH excluding ortho intramolecular Hbond substituents is 1. The van der Waals surface area contributed by atoms with E-state index in [0.29, 0.717) is 0 Å². The van der Waals surface area contributed by atoms with Crippen molar-refractivity contribution in [2.45, 2.75) is 0 Å². The minimum atomic E-state index is -0.927. The third-order valence-corrected chi connectivity index (χ3v) is 2.65.